The van der Waals surface area contributed by atoms with Gasteiger partial charge in [-0.05, 0) is 30.4 Å². The van der Waals surface area contributed by atoms with E-state index in [0.717, 1.165) is 11.1 Å². The number of benzene rings is 2. The summed E-state index contributed by atoms with van der Waals surface area (Å²) in [4.78, 5) is 35.2. The van der Waals surface area contributed by atoms with Crippen LogP contribution in [0.5, 0.6) is 0 Å². The molecule has 0 bridgehead atoms. The van der Waals surface area contributed by atoms with Gasteiger partial charge in [-0.3, -0.25) is 4.79 Å². The molecule has 2 atom stereocenters. The van der Waals surface area contributed by atoms with Crippen LogP contribution in [0.2, 0.25) is 0 Å². The molecule has 0 radical (unpaired) electrons. The van der Waals surface area contributed by atoms with Crippen LogP contribution in [-0.4, -0.2) is 46.9 Å². The molecule has 2 rings (SSSR count). The molecule has 166 valence electrons. The van der Waals surface area contributed by atoms with Crippen molar-refractivity contribution in [3.63, 3.8) is 0 Å². The lowest BCUT2D eigenvalue weighted by molar-refractivity contribution is -0.142. The van der Waals surface area contributed by atoms with Gasteiger partial charge in [-0.1, -0.05) is 60.7 Å². The molecule has 0 aliphatic heterocycles. The van der Waals surface area contributed by atoms with Gasteiger partial charge in [0, 0.05) is 6.54 Å². The third-order valence-corrected chi connectivity index (χ3v) is 4.55. The Bertz CT molecular complexity index is 828. The second-order valence-corrected chi connectivity index (χ2v) is 7.14. The van der Waals surface area contributed by atoms with Gasteiger partial charge in [-0.2, -0.15) is 0 Å². The van der Waals surface area contributed by atoms with E-state index in [0.29, 0.717) is 12.8 Å². The van der Waals surface area contributed by atoms with E-state index in [1.165, 1.54) is 0 Å². The highest BCUT2D eigenvalue weighted by molar-refractivity contribution is 5.83. The molecule has 0 heterocycles. The first-order chi connectivity index (χ1) is 14.9. The smallest absolute Gasteiger partial charge is 0.407 e. The van der Waals surface area contributed by atoms with Gasteiger partial charge in [-0.15, -0.1) is 0 Å². The zero-order valence-corrected chi connectivity index (χ0v) is 17.2. The molecule has 0 aliphatic carbocycles. The predicted octanol–water partition coefficient (Wildman–Crippen LogP) is 2.26. The summed E-state index contributed by atoms with van der Waals surface area (Å²) in [7, 11) is 0. The van der Waals surface area contributed by atoms with Crippen LogP contribution in [0.15, 0.2) is 60.7 Å². The van der Waals surface area contributed by atoms with Crippen LogP contribution in [0.25, 0.3) is 0 Å². The van der Waals surface area contributed by atoms with Crippen molar-refractivity contribution in [1.82, 2.24) is 10.6 Å². The van der Waals surface area contributed by atoms with Gasteiger partial charge in [0.05, 0.1) is 12.5 Å². The van der Waals surface area contributed by atoms with Crippen LogP contribution in [0.3, 0.4) is 0 Å². The molecule has 31 heavy (non-hydrogen) atoms. The van der Waals surface area contributed by atoms with E-state index in [4.69, 9.17) is 4.74 Å². The number of carbonyl (C=O) groups excluding carboxylic acids is 2. The van der Waals surface area contributed by atoms with Crippen LogP contribution in [0.1, 0.15) is 30.4 Å². The number of aliphatic hydroxyl groups is 1. The SMILES string of the molecule is O=C(C[C@@H](O)CNC(=O)OCc1ccccc1)N[C@H](CCCc1ccccc1)C(=O)O. The number of hydrogen-bond donors (Lipinski definition) is 4. The van der Waals surface area contributed by atoms with Crippen molar-refractivity contribution in [3.05, 3.63) is 71.8 Å². The lowest BCUT2D eigenvalue weighted by Crippen LogP contribution is -2.43. The quantitative estimate of drug-likeness (QED) is 0.411. The summed E-state index contributed by atoms with van der Waals surface area (Å²) in [6, 6.07) is 17.7. The van der Waals surface area contributed by atoms with E-state index in [1.54, 1.807) is 0 Å². The molecule has 0 spiro atoms. The summed E-state index contributed by atoms with van der Waals surface area (Å²) >= 11 is 0. The highest BCUT2D eigenvalue weighted by Crippen LogP contribution is 2.07. The number of aryl methyl sites for hydroxylation is 1. The standard InChI is InChI=1S/C23H28N2O6/c26-19(15-24-23(30)31-16-18-10-5-2-6-11-18)14-21(27)25-20(22(28)29)13-7-12-17-8-3-1-4-9-17/h1-6,8-11,19-20,26H,7,12-16H2,(H,24,30)(H,25,27)(H,28,29)/t19-,20-/m1/s1. The fraction of sp³-hybridized carbons (Fsp3) is 0.348. The first kappa shape index (κ1) is 23.9. The monoisotopic (exact) mass is 428 g/mol. The Labute approximate surface area is 181 Å². The molecule has 8 heteroatoms. The maximum atomic E-state index is 12.1. The summed E-state index contributed by atoms with van der Waals surface area (Å²) in [5.41, 5.74) is 1.92. The van der Waals surface area contributed by atoms with E-state index in [1.807, 2.05) is 60.7 Å². The van der Waals surface area contributed by atoms with Crippen LogP contribution in [0.4, 0.5) is 4.79 Å². The number of carbonyl (C=O) groups is 3. The topological polar surface area (TPSA) is 125 Å². The molecule has 8 nitrogen and oxygen atoms in total. The van der Waals surface area contributed by atoms with Gasteiger partial charge in [0.2, 0.25) is 5.91 Å². The van der Waals surface area contributed by atoms with Crippen molar-refractivity contribution in [3.8, 4) is 0 Å². The van der Waals surface area contributed by atoms with Crippen LogP contribution < -0.4 is 10.6 Å². The molecule has 0 unspecified atom stereocenters. The normalized spacial score (nSPS) is 12.4. The molecule has 2 aromatic carbocycles. The molecule has 0 fully saturated rings. The number of amides is 2. The van der Waals surface area contributed by atoms with E-state index < -0.39 is 30.1 Å². The van der Waals surface area contributed by atoms with Crippen LogP contribution in [-0.2, 0) is 27.4 Å². The number of rotatable bonds is 12. The Morgan fingerprint density at radius 1 is 0.935 bits per heavy atom. The van der Waals surface area contributed by atoms with E-state index >= 15 is 0 Å². The number of aliphatic hydroxyl groups excluding tert-OH is 1. The Morgan fingerprint density at radius 3 is 2.16 bits per heavy atom. The molecule has 2 aromatic rings. The molecular formula is C23H28N2O6. The predicted molar refractivity (Wildman–Crippen MR) is 114 cm³/mol. The highest BCUT2D eigenvalue weighted by Gasteiger charge is 2.21. The maximum Gasteiger partial charge on any atom is 0.407 e. The number of aliphatic carboxylic acids is 1. The average Bonchev–Trinajstić information content (AvgIpc) is 2.77. The second-order valence-electron chi connectivity index (χ2n) is 7.14. The molecule has 0 saturated carbocycles. The van der Waals surface area contributed by atoms with Gasteiger partial charge in [0.15, 0.2) is 0 Å². The average molecular weight is 428 g/mol. The van der Waals surface area contributed by atoms with Gasteiger partial charge in [0.1, 0.15) is 12.6 Å². The van der Waals surface area contributed by atoms with Gasteiger partial charge in [-0.25, -0.2) is 9.59 Å². The van der Waals surface area contributed by atoms with Gasteiger partial charge in [0.25, 0.3) is 0 Å². The van der Waals surface area contributed by atoms with Crippen molar-refractivity contribution < 1.29 is 29.3 Å². The Kier molecular flexibility index (Phi) is 10.0. The lowest BCUT2D eigenvalue weighted by Gasteiger charge is -2.16. The summed E-state index contributed by atoms with van der Waals surface area (Å²) in [6.45, 7) is -0.0979. The lowest BCUT2D eigenvalue weighted by atomic mass is 10.0. The zero-order valence-electron chi connectivity index (χ0n) is 17.2. The van der Waals surface area contributed by atoms with E-state index in [9.17, 15) is 24.6 Å². The third-order valence-electron chi connectivity index (χ3n) is 4.55. The minimum absolute atomic E-state index is 0.0898. The fourth-order valence-electron chi connectivity index (χ4n) is 2.93. The Balaban J connectivity index is 1.66. The van der Waals surface area contributed by atoms with Crippen molar-refractivity contribution in [2.24, 2.45) is 0 Å². The summed E-state index contributed by atoms with van der Waals surface area (Å²) < 4.78 is 5.02. The van der Waals surface area contributed by atoms with Gasteiger partial charge >= 0.3 is 12.1 Å². The minimum atomic E-state index is -1.16. The van der Waals surface area contributed by atoms with Gasteiger partial charge < -0.3 is 25.6 Å². The maximum absolute atomic E-state index is 12.1. The van der Waals surface area contributed by atoms with Crippen LogP contribution in [0, 0.1) is 0 Å². The summed E-state index contributed by atoms with van der Waals surface area (Å²) in [5.74, 6) is -1.72. The zero-order chi connectivity index (χ0) is 22.5. The molecule has 2 amide bonds. The fourth-order valence-corrected chi connectivity index (χ4v) is 2.93. The number of alkyl carbamates (subject to hydrolysis) is 1. The van der Waals surface area contributed by atoms with Crippen molar-refractivity contribution in [2.75, 3.05) is 6.54 Å². The van der Waals surface area contributed by atoms with Crippen molar-refractivity contribution in [1.29, 1.82) is 0 Å². The summed E-state index contributed by atoms with van der Waals surface area (Å²) in [5, 5.41) is 24.1. The second kappa shape index (κ2) is 13.0. The number of nitrogens with one attached hydrogen (secondary N) is 2. The largest absolute Gasteiger partial charge is 0.480 e. The Hall–Kier alpha value is -3.39. The van der Waals surface area contributed by atoms with E-state index in [-0.39, 0.29) is 26.0 Å². The first-order valence-corrected chi connectivity index (χ1v) is 10.1. The number of carboxylic acids is 1. The third kappa shape index (κ3) is 9.77. The first-order valence-electron chi connectivity index (χ1n) is 10.1. The number of carboxylic acid groups (broad SMARTS) is 1. The molecule has 0 aliphatic rings. The minimum Gasteiger partial charge on any atom is -0.480 e. The highest BCUT2D eigenvalue weighted by atomic mass is 16.5. The van der Waals surface area contributed by atoms with Crippen molar-refractivity contribution >= 4 is 18.0 Å². The van der Waals surface area contributed by atoms with E-state index in [2.05, 4.69) is 10.6 Å². The summed E-state index contributed by atoms with van der Waals surface area (Å²) in [6.07, 6.45) is -0.635. The van der Waals surface area contributed by atoms with Crippen LogP contribution >= 0.6 is 0 Å². The molecule has 0 aromatic heterocycles. The number of hydrogen-bond acceptors (Lipinski definition) is 5. The Morgan fingerprint density at radius 2 is 1.55 bits per heavy atom. The molecular weight excluding hydrogens is 400 g/mol. The number of ether oxygens (including phenoxy) is 1. The molecule has 0 saturated heterocycles. The molecule has 4 N–H and O–H groups in total. The van der Waals surface area contributed by atoms with Crippen molar-refractivity contribution in [2.45, 2.75) is 44.4 Å².